The Labute approximate surface area is 293 Å². The third-order valence-corrected chi connectivity index (χ3v) is 10.5. The molecule has 2 bridgehead atoms. The summed E-state index contributed by atoms with van der Waals surface area (Å²) in [5.74, 6) is -3.10. The number of nitrogens with zero attached hydrogens (tertiary/aromatic N) is 1. The van der Waals surface area contributed by atoms with Gasteiger partial charge in [0.25, 0.3) is 0 Å². The van der Waals surface area contributed by atoms with Gasteiger partial charge in [-0.1, -0.05) is 36.4 Å². The third kappa shape index (κ3) is 5.94. The molecule has 1 spiro atoms. The molecular formula is C37H39NO13. The predicted octanol–water partition coefficient (Wildman–Crippen LogP) is 2.43. The van der Waals surface area contributed by atoms with Crippen LogP contribution in [0.5, 0.6) is 11.5 Å². The number of methoxy groups -OCH3 is 1. The van der Waals surface area contributed by atoms with Gasteiger partial charge in [-0.2, -0.15) is 0 Å². The van der Waals surface area contributed by atoms with Crippen molar-refractivity contribution in [3.63, 3.8) is 0 Å². The first kappa shape index (κ1) is 34.6. The number of esters is 5. The second-order valence-corrected chi connectivity index (χ2v) is 13.4. The van der Waals surface area contributed by atoms with Crippen LogP contribution in [0.4, 0.5) is 0 Å². The van der Waals surface area contributed by atoms with E-state index in [2.05, 4.69) is 18.0 Å². The Hall–Kier alpha value is -4.79. The van der Waals surface area contributed by atoms with Crippen LogP contribution < -0.4 is 9.47 Å². The molecule has 5 aliphatic rings. The lowest BCUT2D eigenvalue weighted by Crippen LogP contribution is -2.67. The number of likely N-dealkylation sites (N-methyl/N-ethyl adjacent to an activating group) is 1. The van der Waals surface area contributed by atoms with Crippen molar-refractivity contribution in [3.05, 3.63) is 71.3 Å². The summed E-state index contributed by atoms with van der Waals surface area (Å²) in [5, 5.41) is 0. The summed E-state index contributed by atoms with van der Waals surface area (Å²) in [4.78, 5) is 65.5. The number of likely N-dealkylation sites (tertiary alicyclic amines) is 1. The van der Waals surface area contributed by atoms with E-state index in [0.29, 0.717) is 17.7 Å². The van der Waals surface area contributed by atoms with Gasteiger partial charge in [-0.25, -0.2) is 9.59 Å². The fourth-order valence-corrected chi connectivity index (χ4v) is 8.48. The molecule has 0 unspecified atom stereocenters. The van der Waals surface area contributed by atoms with Crippen LogP contribution in [0.1, 0.15) is 48.7 Å². The average Bonchev–Trinajstić information content (AvgIpc) is 3.45. The van der Waals surface area contributed by atoms with Gasteiger partial charge in [0.2, 0.25) is 6.29 Å². The standard InChI is InChI=1S/C37H39NO13/c1-18(39)45-29-30(46-19(2)40)32(47-20(3)41)36(51-31(29)35(43)44-5)49-26-14-12-23-24-17-22-11-13-25(48-34(42)21-9-7-6-8-10-21)28-27(22)37(23,33(26)50-28)15-16-38(24)4/h6-14,23-24,26,29-33,36H,15-17H2,1-5H3/t23-,24+,26-,29-,30-,31-,32+,33-,36+,37-/m0/s1. The topological polar surface area (TPSA) is 162 Å². The predicted molar refractivity (Wildman–Crippen MR) is 174 cm³/mol. The van der Waals surface area contributed by atoms with Gasteiger partial charge in [0.1, 0.15) is 12.2 Å². The minimum Gasteiger partial charge on any atom is -0.482 e. The number of carbonyl (C=O) groups excluding carboxylic acids is 5. The van der Waals surface area contributed by atoms with Crippen molar-refractivity contribution >= 4 is 29.8 Å². The van der Waals surface area contributed by atoms with Gasteiger partial charge < -0.3 is 42.8 Å². The smallest absolute Gasteiger partial charge is 0.343 e. The van der Waals surface area contributed by atoms with Gasteiger partial charge in [-0.15, -0.1) is 0 Å². The monoisotopic (exact) mass is 705 g/mol. The SMILES string of the molecule is COC(=O)[C@H]1O[C@@H](O[C@H]2C=C[C@H]3[C@H]4Cc5ccc(OC(=O)c6ccccc6)c6c5[C@@]3(CCN4C)[C@H]2O6)[C@H](OC(C)=O)[C@@H](OC(C)=O)[C@@H]1OC(C)=O. The molecule has 2 saturated heterocycles. The van der Waals surface area contributed by atoms with E-state index >= 15 is 0 Å². The van der Waals surface area contributed by atoms with Gasteiger partial charge in [0.05, 0.1) is 12.7 Å². The highest BCUT2D eigenvalue weighted by Crippen LogP contribution is 2.63. The van der Waals surface area contributed by atoms with Crippen molar-refractivity contribution in [3.8, 4) is 11.5 Å². The minimum atomic E-state index is -1.61. The first-order valence-electron chi connectivity index (χ1n) is 16.8. The number of rotatable bonds is 8. The van der Waals surface area contributed by atoms with E-state index in [4.69, 9.17) is 37.9 Å². The summed E-state index contributed by atoms with van der Waals surface area (Å²) in [7, 11) is 3.22. The highest BCUT2D eigenvalue weighted by Gasteiger charge is 2.66. The van der Waals surface area contributed by atoms with E-state index in [1.807, 2.05) is 18.2 Å². The first-order chi connectivity index (χ1) is 24.4. The summed E-state index contributed by atoms with van der Waals surface area (Å²) < 4.78 is 47.0. The fourth-order valence-electron chi connectivity index (χ4n) is 8.48. The van der Waals surface area contributed by atoms with Crippen LogP contribution in [0, 0.1) is 5.92 Å². The lowest BCUT2D eigenvalue weighted by Gasteiger charge is -2.57. The van der Waals surface area contributed by atoms with Gasteiger partial charge in [-0.3, -0.25) is 14.4 Å². The Balaban J connectivity index is 1.28. The van der Waals surface area contributed by atoms with Gasteiger partial charge in [-0.05, 0) is 50.2 Å². The van der Waals surface area contributed by atoms with Crippen LogP contribution in [0.2, 0.25) is 0 Å². The van der Waals surface area contributed by atoms with Gasteiger partial charge in [0, 0.05) is 43.7 Å². The van der Waals surface area contributed by atoms with Crippen molar-refractivity contribution in [2.45, 2.75) is 88.0 Å². The van der Waals surface area contributed by atoms with Gasteiger partial charge in [0.15, 0.2) is 35.9 Å². The maximum atomic E-state index is 13.2. The van der Waals surface area contributed by atoms with Crippen LogP contribution in [0.15, 0.2) is 54.6 Å². The van der Waals surface area contributed by atoms with E-state index in [1.54, 1.807) is 30.3 Å². The van der Waals surface area contributed by atoms with Crippen LogP contribution in [-0.4, -0.2) is 104 Å². The maximum absolute atomic E-state index is 13.2. The number of ether oxygens (including phenoxy) is 8. The maximum Gasteiger partial charge on any atom is 0.343 e. The first-order valence-corrected chi connectivity index (χ1v) is 16.8. The van der Waals surface area contributed by atoms with E-state index in [0.717, 1.165) is 52.0 Å². The second-order valence-electron chi connectivity index (χ2n) is 13.4. The van der Waals surface area contributed by atoms with Crippen molar-refractivity contribution in [1.29, 1.82) is 0 Å². The molecule has 0 aromatic heterocycles. The molecule has 0 N–H and O–H groups in total. The molecule has 7 rings (SSSR count). The number of benzene rings is 2. The highest BCUT2D eigenvalue weighted by molar-refractivity contribution is 5.91. The molecule has 0 amide bonds. The lowest BCUT2D eigenvalue weighted by atomic mass is 9.53. The Morgan fingerprint density at radius 2 is 1.55 bits per heavy atom. The van der Waals surface area contributed by atoms with Crippen molar-refractivity contribution in [1.82, 2.24) is 4.90 Å². The number of piperidine rings is 1. The molecule has 10 atom stereocenters. The number of hydrogen-bond donors (Lipinski definition) is 0. The van der Waals surface area contributed by atoms with Crippen LogP contribution in [0.3, 0.4) is 0 Å². The Morgan fingerprint density at radius 1 is 0.863 bits per heavy atom. The molecule has 2 fully saturated rings. The molecule has 270 valence electrons. The molecule has 2 aromatic rings. The van der Waals surface area contributed by atoms with E-state index in [9.17, 15) is 24.0 Å². The summed E-state index contributed by atoms with van der Waals surface area (Å²) in [5.41, 5.74) is 1.82. The molecule has 51 heavy (non-hydrogen) atoms. The molecule has 14 heteroatoms. The number of hydrogen-bond acceptors (Lipinski definition) is 14. The summed E-state index contributed by atoms with van der Waals surface area (Å²) in [6.45, 7) is 4.14. The number of carbonyl (C=O) groups is 5. The van der Waals surface area contributed by atoms with Crippen LogP contribution >= 0.6 is 0 Å². The summed E-state index contributed by atoms with van der Waals surface area (Å²) in [6.07, 6.45) is -3.80. The zero-order valence-corrected chi connectivity index (χ0v) is 28.8. The second kappa shape index (κ2) is 13.4. The molecule has 0 radical (unpaired) electrons. The summed E-state index contributed by atoms with van der Waals surface area (Å²) in [6, 6.07) is 12.6. The lowest BCUT2D eigenvalue weighted by molar-refractivity contribution is -0.313. The molecule has 3 aliphatic heterocycles. The Morgan fingerprint density at radius 3 is 2.24 bits per heavy atom. The highest BCUT2D eigenvalue weighted by atomic mass is 16.7. The third-order valence-electron chi connectivity index (χ3n) is 10.5. The normalized spacial score (nSPS) is 32.8. The molecule has 14 nitrogen and oxygen atoms in total. The zero-order valence-electron chi connectivity index (χ0n) is 28.8. The molecule has 2 aromatic carbocycles. The average molecular weight is 706 g/mol. The van der Waals surface area contributed by atoms with Gasteiger partial charge >= 0.3 is 29.8 Å². The Kier molecular flexibility index (Phi) is 9.10. The molecule has 0 saturated carbocycles. The molecule has 2 aliphatic carbocycles. The van der Waals surface area contributed by atoms with E-state index < -0.39 is 78.2 Å². The quantitative estimate of drug-likeness (QED) is 0.170. The van der Waals surface area contributed by atoms with Crippen molar-refractivity contribution in [2.75, 3.05) is 20.7 Å². The largest absolute Gasteiger partial charge is 0.482 e. The van der Waals surface area contributed by atoms with E-state index in [-0.39, 0.29) is 17.7 Å². The van der Waals surface area contributed by atoms with Crippen molar-refractivity contribution in [2.24, 2.45) is 5.92 Å². The molecule has 3 heterocycles. The minimum absolute atomic E-state index is 0.0106. The fraction of sp³-hybridized carbons (Fsp3) is 0.486. The van der Waals surface area contributed by atoms with Crippen LogP contribution in [-0.2, 0) is 59.4 Å². The Bertz CT molecular complexity index is 1780. The van der Waals surface area contributed by atoms with Crippen molar-refractivity contribution < 1.29 is 61.9 Å². The van der Waals surface area contributed by atoms with Crippen LogP contribution in [0.25, 0.3) is 0 Å². The zero-order chi connectivity index (χ0) is 36.2. The van der Waals surface area contributed by atoms with E-state index in [1.165, 1.54) is 0 Å². The summed E-state index contributed by atoms with van der Waals surface area (Å²) >= 11 is 0. The molecular weight excluding hydrogens is 666 g/mol.